The largest absolute Gasteiger partial charge is 0.434 e. The van der Waals surface area contributed by atoms with Crippen molar-refractivity contribution in [3.05, 3.63) is 40.2 Å². The predicted molar refractivity (Wildman–Crippen MR) is 130 cm³/mol. The number of nitrogens with one attached hydrogen (secondary N) is 3. The number of carbonyl (C=O) groups excluding carboxylic acids is 1. The quantitative estimate of drug-likeness (QED) is 0.279. The number of thiazole rings is 2. The second kappa shape index (κ2) is 9.78. The third-order valence-electron chi connectivity index (χ3n) is 4.92. The van der Waals surface area contributed by atoms with Crippen molar-refractivity contribution in [1.29, 1.82) is 0 Å². The number of hydrogen-bond donors (Lipinski definition) is 3. The highest BCUT2D eigenvalue weighted by atomic mass is 32.1. The molecule has 0 spiro atoms. The molecule has 2 amide bonds. The lowest BCUT2D eigenvalue weighted by atomic mass is 10.1. The molecule has 196 valence electrons. The molecule has 0 aliphatic heterocycles. The van der Waals surface area contributed by atoms with Gasteiger partial charge in [-0.05, 0) is 13.0 Å². The molecule has 0 radical (unpaired) electrons. The smallest absolute Gasteiger partial charge is 0.387 e. The third-order valence-corrected chi connectivity index (χ3v) is 6.87. The number of carbonyl (C=O) groups is 1. The van der Waals surface area contributed by atoms with Gasteiger partial charge in [-0.2, -0.15) is 18.3 Å². The van der Waals surface area contributed by atoms with E-state index in [0.29, 0.717) is 27.8 Å². The molecule has 0 saturated carbocycles. The number of urea groups is 1. The van der Waals surface area contributed by atoms with E-state index in [4.69, 9.17) is 4.42 Å². The Morgan fingerprint density at radius 3 is 2.66 bits per heavy atom. The van der Waals surface area contributed by atoms with Gasteiger partial charge in [-0.1, -0.05) is 0 Å². The van der Waals surface area contributed by atoms with Crippen LogP contribution < -0.4 is 16.4 Å². The topological polar surface area (TPSA) is 169 Å². The van der Waals surface area contributed by atoms with Gasteiger partial charge in [0.15, 0.2) is 11.5 Å². The van der Waals surface area contributed by atoms with Crippen LogP contribution in [-0.4, -0.2) is 52.5 Å². The lowest BCUT2D eigenvalue weighted by Gasteiger charge is -2.09. The van der Waals surface area contributed by atoms with E-state index in [1.165, 1.54) is 23.3 Å². The molecule has 0 atom stereocenters. The summed E-state index contributed by atoms with van der Waals surface area (Å²) in [4.78, 5) is 40.8. The molecule has 38 heavy (non-hydrogen) atoms. The van der Waals surface area contributed by atoms with Crippen molar-refractivity contribution < 1.29 is 22.4 Å². The number of amides is 2. The minimum atomic E-state index is -4.64. The van der Waals surface area contributed by atoms with Gasteiger partial charge in [0, 0.05) is 36.3 Å². The van der Waals surface area contributed by atoms with E-state index in [9.17, 15) is 22.8 Å². The van der Waals surface area contributed by atoms with Gasteiger partial charge in [0.2, 0.25) is 0 Å². The first-order valence-corrected chi connectivity index (χ1v) is 12.3. The maximum Gasteiger partial charge on any atom is 0.434 e. The zero-order chi connectivity index (χ0) is 27.0. The van der Waals surface area contributed by atoms with Crippen LogP contribution >= 0.6 is 22.7 Å². The summed E-state index contributed by atoms with van der Waals surface area (Å²) >= 11 is 1.82. The number of halogens is 3. The van der Waals surface area contributed by atoms with Gasteiger partial charge in [0.1, 0.15) is 32.7 Å². The van der Waals surface area contributed by atoms with Crippen molar-refractivity contribution in [2.24, 2.45) is 7.05 Å². The average Bonchev–Trinajstić information content (AvgIpc) is 3.65. The molecular formula is C20H15F3N10O3S2. The van der Waals surface area contributed by atoms with Gasteiger partial charge in [0.05, 0.1) is 0 Å². The second-order valence-corrected chi connectivity index (χ2v) is 9.31. The van der Waals surface area contributed by atoms with Crippen LogP contribution in [0.2, 0.25) is 0 Å². The number of rotatable bonds is 6. The molecule has 0 aliphatic carbocycles. The van der Waals surface area contributed by atoms with Crippen LogP contribution in [0.4, 0.5) is 23.8 Å². The van der Waals surface area contributed by atoms with E-state index in [1.807, 2.05) is 0 Å². The number of pyridine rings is 1. The minimum Gasteiger partial charge on any atom is -0.387 e. The first-order valence-electron chi connectivity index (χ1n) is 10.6. The highest BCUT2D eigenvalue weighted by molar-refractivity contribution is 7.19. The summed E-state index contributed by atoms with van der Waals surface area (Å²) in [5, 5.41) is 16.4. The maximum atomic E-state index is 13.3. The van der Waals surface area contributed by atoms with Crippen LogP contribution in [0.1, 0.15) is 12.6 Å². The molecule has 5 aromatic rings. The van der Waals surface area contributed by atoms with Crippen molar-refractivity contribution in [2.45, 2.75) is 13.1 Å². The molecule has 0 aliphatic rings. The molecule has 13 nitrogen and oxygen atoms in total. The lowest BCUT2D eigenvalue weighted by Crippen LogP contribution is -2.28. The van der Waals surface area contributed by atoms with Crippen LogP contribution in [-0.2, 0) is 13.2 Å². The van der Waals surface area contributed by atoms with Gasteiger partial charge in [0.25, 0.3) is 5.89 Å². The first-order chi connectivity index (χ1) is 18.1. The van der Waals surface area contributed by atoms with E-state index < -0.39 is 23.7 Å². The number of H-pyrrole nitrogens is 1. The summed E-state index contributed by atoms with van der Waals surface area (Å²) < 4.78 is 46.5. The summed E-state index contributed by atoms with van der Waals surface area (Å²) in [7, 11) is 1.63. The molecule has 5 aromatic heterocycles. The maximum absolute atomic E-state index is 13.3. The fraction of sp³-hybridized carbons (Fsp3) is 0.200. The number of alkyl halides is 3. The summed E-state index contributed by atoms with van der Waals surface area (Å²) in [6, 6.07) is 0.866. The van der Waals surface area contributed by atoms with Crippen LogP contribution in [0, 0.1) is 0 Å². The summed E-state index contributed by atoms with van der Waals surface area (Å²) in [5.41, 5.74) is -0.241. The second-order valence-electron chi connectivity index (χ2n) is 7.46. The van der Waals surface area contributed by atoms with Crippen LogP contribution in [0.25, 0.3) is 43.4 Å². The Bertz CT molecular complexity index is 1680. The van der Waals surface area contributed by atoms with E-state index >= 15 is 0 Å². The first kappa shape index (κ1) is 25.2. The minimum absolute atomic E-state index is 0.0249. The van der Waals surface area contributed by atoms with Crippen LogP contribution in [0.5, 0.6) is 0 Å². The van der Waals surface area contributed by atoms with Gasteiger partial charge < -0.3 is 9.73 Å². The number of anilines is 1. The van der Waals surface area contributed by atoms with E-state index in [0.717, 1.165) is 28.1 Å². The molecule has 0 aromatic carbocycles. The number of aromatic nitrogens is 8. The highest BCUT2D eigenvalue weighted by Gasteiger charge is 2.34. The molecule has 0 bridgehead atoms. The summed E-state index contributed by atoms with van der Waals surface area (Å²) in [6.07, 6.45) is -1.98. The summed E-state index contributed by atoms with van der Waals surface area (Å²) in [6.45, 7) is 2.08. The molecule has 18 heteroatoms. The monoisotopic (exact) mass is 564 g/mol. The SMILES string of the molecule is CCNC(=O)Nc1cc(-c2nc(C(F)(F)F)cs2)c(-c2nc(-c3ncnn3C)c(-c3n[nH]c(=O)o3)s2)cn1. The van der Waals surface area contributed by atoms with Crippen LogP contribution in [0.3, 0.4) is 0 Å². The van der Waals surface area contributed by atoms with Crippen molar-refractivity contribution in [2.75, 3.05) is 11.9 Å². The third kappa shape index (κ3) is 4.90. The average molecular weight is 565 g/mol. The standard InChI is InChI=1S/C20H15F3N10O3S2/c1-3-24-18(34)29-11-4-8(16-28-10(6-37-16)20(21,22)23)9(5-25-11)17-30-12(14-26-7-27-33(14)2)13(38-17)15-31-32-19(35)36-15/h4-7H,3H2,1-2H3,(H,32,35)(H2,24,25,29,34). The van der Waals surface area contributed by atoms with E-state index in [1.54, 1.807) is 14.0 Å². The molecule has 0 fully saturated rings. The van der Waals surface area contributed by atoms with Gasteiger partial charge >= 0.3 is 18.0 Å². The number of hydrogen-bond acceptors (Lipinski definition) is 11. The Morgan fingerprint density at radius 2 is 2.03 bits per heavy atom. The Balaban J connectivity index is 1.68. The number of aromatic amines is 1. The Kier molecular flexibility index (Phi) is 6.49. The Hall–Kier alpha value is -4.45. The van der Waals surface area contributed by atoms with Gasteiger partial charge in [-0.3, -0.25) is 5.32 Å². The zero-order valence-electron chi connectivity index (χ0n) is 19.3. The lowest BCUT2D eigenvalue weighted by molar-refractivity contribution is -0.140. The molecular weight excluding hydrogens is 549 g/mol. The molecule has 5 heterocycles. The Labute approximate surface area is 217 Å². The van der Waals surface area contributed by atoms with Crippen molar-refractivity contribution >= 4 is 34.5 Å². The number of nitrogens with zero attached hydrogens (tertiary/aromatic N) is 7. The number of aryl methyl sites for hydroxylation is 1. The van der Waals surface area contributed by atoms with Crippen molar-refractivity contribution in [1.82, 2.24) is 45.2 Å². The van der Waals surface area contributed by atoms with Gasteiger partial charge in [-0.15, -0.1) is 27.8 Å². The summed E-state index contributed by atoms with van der Waals surface area (Å²) in [5.74, 6) is -0.438. The zero-order valence-corrected chi connectivity index (χ0v) is 21.0. The Morgan fingerprint density at radius 1 is 1.21 bits per heavy atom. The molecule has 0 saturated heterocycles. The highest BCUT2D eigenvalue weighted by Crippen LogP contribution is 2.43. The fourth-order valence-electron chi connectivity index (χ4n) is 3.29. The molecule has 3 N–H and O–H groups in total. The predicted octanol–water partition coefficient (Wildman–Crippen LogP) is 3.63. The van der Waals surface area contributed by atoms with E-state index in [-0.39, 0.29) is 28.0 Å². The normalized spacial score (nSPS) is 11.6. The van der Waals surface area contributed by atoms with E-state index in [2.05, 4.69) is 45.9 Å². The van der Waals surface area contributed by atoms with Crippen molar-refractivity contribution in [3.63, 3.8) is 0 Å². The molecule has 0 unspecified atom stereocenters. The fourth-order valence-corrected chi connectivity index (χ4v) is 5.16. The van der Waals surface area contributed by atoms with Crippen LogP contribution in [0.15, 0.2) is 33.2 Å². The van der Waals surface area contributed by atoms with Crippen molar-refractivity contribution in [3.8, 4) is 43.4 Å². The van der Waals surface area contributed by atoms with Gasteiger partial charge in [-0.25, -0.2) is 39.3 Å². The molecule has 5 rings (SSSR count).